The minimum absolute atomic E-state index is 0.246. The van der Waals surface area contributed by atoms with E-state index in [1.54, 1.807) is 36.5 Å². The molecule has 0 saturated heterocycles. The van der Waals surface area contributed by atoms with Crippen molar-refractivity contribution < 1.29 is 14.3 Å². The van der Waals surface area contributed by atoms with Gasteiger partial charge in [0.05, 0.1) is 11.8 Å². The highest BCUT2D eigenvalue weighted by atomic mass is 35.5. The molecule has 0 aromatic heterocycles. The van der Waals surface area contributed by atoms with Crippen LogP contribution in [0.4, 0.5) is 0 Å². The van der Waals surface area contributed by atoms with Crippen molar-refractivity contribution in [2.45, 2.75) is 13.2 Å². The zero-order chi connectivity index (χ0) is 24.5. The molecule has 0 aliphatic carbocycles. The molecule has 0 aliphatic rings. The second kappa shape index (κ2) is 12.1. The normalized spacial score (nSPS) is 10.8. The minimum Gasteiger partial charge on any atom is -0.489 e. The maximum atomic E-state index is 12.7. The summed E-state index contributed by atoms with van der Waals surface area (Å²) in [6.07, 6.45) is 1.56. The third-order valence-electron chi connectivity index (χ3n) is 5.03. The molecule has 1 N–H and O–H groups in total. The molecule has 4 aromatic rings. The number of hydrogen-bond acceptors (Lipinski definition) is 4. The molecule has 0 radical (unpaired) electrons. The van der Waals surface area contributed by atoms with Crippen LogP contribution in [0.25, 0.3) is 0 Å². The van der Waals surface area contributed by atoms with E-state index in [2.05, 4.69) is 10.5 Å². The van der Waals surface area contributed by atoms with Crippen LogP contribution in [0.1, 0.15) is 27.0 Å². The van der Waals surface area contributed by atoms with Crippen molar-refractivity contribution in [3.05, 3.63) is 129 Å². The molecule has 35 heavy (non-hydrogen) atoms. The number of nitrogens with zero attached hydrogens (tertiary/aromatic N) is 1. The molecule has 4 rings (SSSR count). The summed E-state index contributed by atoms with van der Waals surface area (Å²) in [5.41, 5.74) is 5.55. The van der Waals surface area contributed by atoms with Crippen molar-refractivity contribution in [3.8, 4) is 11.5 Å². The van der Waals surface area contributed by atoms with Gasteiger partial charge in [0.15, 0.2) is 0 Å². The summed E-state index contributed by atoms with van der Waals surface area (Å²) in [4.78, 5) is 12.7. The van der Waals surface area contributed by atoms with Crippen LogP contribution in [-0.4, -0.2) is 12.1 Å². The first kappa shape index (κ1) is 24.3. The standard InChI is InChI=1S/C28H22Cl2N2O3/c29-23-14-12-20(13-15-23)18-34-24-8-5-6-21(16-24)17-31-32-28(33)25-9-2-4-11-27(25)35-19-22-7-1-3-10-26(22)30/h1-17H,18-19H2,(H,32,33)/b31-17-. The van der Waals surface area contributed by atoms with E-state index < -0.39 is 0 Å². The largest absolute Gasteiger partial charge is 0.489 e. The van der Waals surface area contributed by atoms with Crippen molar-refractivity contribution in [2.24, 2.45) is 5.10 Å². The number of amides is 1. The third kappa shape index (κ3) is 7.09. The predicted octanol–water partition coefficient (Wildman–Crippen LogP) is 6.92. The first-order valence-corrected chi connectivity index (χ1v) is 11.6. The van der Waals surface area contributed by atoms with E-state index in [1.165, 1.54) is 0 Å². The Morgan fingerprint density at radius 3 is 2.43 bits per heavy atom. The topological polar surface area (TPSA) is 59.9 Å². The molecule has 1 amide bonds. The van der Waals surface area contributed by atoms with Crippen molar-refractivity contribution in [1.29, 1.82) is 0 Å². The van der Waals surface area contributed by atoms with E-state index in [9.17, 15) is 4.79 Å². The fourth-order valence-corrected chi connectivity index (χ4v) is 3.52. The van der Waals surface area contributed by atoms with Gasteiger partial charge >= 0.3 is 0 Å². The van der Waals surface area contributed by atoms with E-state index in [0.717, 1.165) is 16.7 Å². The van der Waals surface area contributed by atoms with Gasteiger partial charge in [0.25, 0.3) is 5.91 Å². The number of benzene rings is 4. The molecule has 176 valence electrons. The number of rotatable bonds is 9. The molecule has 0 saturated carbocycles. The molecule has 0 heterocycles. The molecule has 0 aliphatic heterocycles. The summed E-state index contributed by atoms with van der Waals surface area (Å²) < 4.78 is 11.7. The summed E-state index contributed by atoms with van der Waals surface area (Å²) in [7, 11) is 0. The zero-order valence-electron chi connectivity index (χ0n) is 18.7. The van der Waals surface area contributed by atoms with Crippen LogP contribution in [0.2, 0.25) is 10.0 Å². The van der Waals surface area contributed by atoms with Gasteiger partial charge in [-0.05, 0) is 53.6 Å². The molecule has 0 atom stereocenters. The average molecular weight is 505 g/mol. The molecule has 0 bridgehead atoms. The molecule has 7 heteroatoms. The average Bonchev–Trinajstić information content (AvgIpc) is 2.88. The Hall–Kier alpha value is -3.80. The summed E-state index contributed by atoms with van der Waals surface area (Å²) in [5.74, 6) is 0.748. The van der Waals surface area contributed by atoms with Gasteiger partial charge in [0, 0.05) is 15.6 Å². The second-order valence-electron chi connectivity index (χ2n) is 7.56. The summed E-state index contributed by atoms with van der Waals surface area (Å²) in [5, 5.41) is 5.38. The molecule has 0 fully saturated rings. The van der Waals surface area contributed by atoms with Crippen LogP contribution in [-0.2, 0) is 13.2 Å². The van der Waals surface area contributed by atoms with Crippen LogP contribution in [0.3, 0.4) is 0 Å². The fraction of sp³-hybridized carbons (Fsp3) is 0.0714. The Balaban J connectivity index is 1.35. The number of carbonyl (C=O) groups is 1. The molecule has 5 nitrogen and oxygen atoms in total. The zero-order valence-corrected chi connectivity index (χ0v) is 20.2. The Bertz CT molecular complexity index is 1320. The van der Waals surface area contributed by atoms with Crippen LogP contribution in [0.15, 0.2) is 102 Å². The van der Waals surface area contributed by atoms with Crippen molar-refractivity contribution >= 4 is 35.3 Å². The number of hydrazone groups is 1. The van der Waals surface area contributed by atoms with E-state index in [0.29, 0.717) is 33.7 Å². The lowest BCUT2D eigenvalue weighted by Crippen LogP contribution is -2.18. The lowest BCUT2D eigenvalue weighted by atomic mass is 10.2. The van der Waals surface area contributed by atoms with Gasteiger partial charge in [-0.25, -0.2) is 5.43 Å². The Labute approximate surface area is 213 Å². The monoisotopic (exact) mass is 504 g/mol. The van der Waals surface area contributed by atoms with Gasteiger partial charge in [-0.2, -0.15) is 5.10 Å². The SMILES string of the molecule is O=C(N/N=C\c1cccc(OCc2ccc(Cl)cc2)c1)c1ccccc1OCc1ccccc1Cl. The number of carbonyl (C=O) groups excluding carboxylic acids is 1. The van der Waals surface area contributed by atoms with Crippen LogP contribution >= 0.6 is 23.2 Å². The van der Waals surface area contributed by atoms with E-state index in [1.807, 2.05) is 66.7 Å². The smallest absolute Gasteiger partial charge is 0.275 e. The maximum absolute atomic E-state index is 12.7. The van der Waals surface area contributed by atoms with Crippen LogP contribution in [0.5, 0.6) is 11.5 Å². The number of ether oxygens (including phenoxy) is 2. The highest BCUT2D eigenvalue weighted by Gasteiger charge is 2.12. The highest BCUT2D eigenvalue weighted by molar-refractivity contribution is 6.31. The molecule has 4 aromatic carbocycles. The Kier molecular flexibility index (Phi) is 8.39. The van der Waals surface area contributed by atoms with Crippen LogP contribution in [0, 0.1) is 0 Å². The van der Waals surface area contributed by atoms with E-state index in [4.69, 9.17) is 32.7 Å². The Morgan fingerprint density at radius 2 is 1.60 bits per heavy atom. The fourth-order valence-electron chi connectivity index (χ4n) is 3.21. The number of hydrogen-bond donors (Lipinski definition) is 1. The molecular weight excluding hydrogens is 483 g/mol. The lowest BCUT2D eigenvalue weighted by Gasteiger charge is -2.11. The van der Waals surface area contributed by atoms with Gasteiger partial charge in [-0.15, -0.1) is 0 Å². The van der Waals surface area contributed by atoms with Crippen molar-refractivity contribution in [2.75, 3.05) is 0 Å². The van der Waals surface area contributed by atoms with Gasteiger partial charge in [0.1, 0.15) is 24.7 Å². The molecular formula is C28H22Cl2N2O3. The number of halogens is 2. The van der Waals surface area contributed by atoms with Crippen LogP contribution < -0.4 is 14.9 Å². The first-order chi connectivity index (χ1) is 17.1. The van der Waals surface area contributed by atoms with E-state index in [-0.39, 0.29) is 12.5 Å². The van der Waals surface area contributed by atoms with Gasteiger partial charge in [0.2, 0.25) is 0 Å². The first-order valence-electron chi connectivity index (χ1n) is 10.8. The summed E-state index contributed by atoms with van der Waals surface area (Å²) in [6.45, 7) is 0.662. The third-order valence-corrected chi connectivity index (χ3v) is 5.65. The highest BCUT2D eigenvalue weighted by Crippen LogP contribution is 2.22. The van der Waals surface area contributed by atoms with Gasteiger partial charge in [-0.1, -0.05) is 77.8 Å². The van der Waals surface area contributed by atoms with Crippen molar-refractivity contribution in [3.63, 3.8) is 0 Å². The van der Waals surface area contributed by atoms with Crippen molar-refractivity contribution in [1.82, 2.24) is 5.43 Å². The molecule has 0 spiro atoms. The number of para-hydroxylation sites is 1. The maximum Gasteiger partial charge on any atom is 0.275 e. The minimum atomic E-state index is -0.383. The molecule has 0 unspecified atom stereocenters. The summed E-state index contributed by atoms with van der Waals surface area (Å²) >= 11 is 12.1. The Morgan fingerprint density at radius 1 is 0.829 bits per heavy atom. The quantitative estimate of drug-likeness (QED) is 0.199. The lowest BCUT2D eigenvalue weighted by molar-refractivity contribution is 0.0950. The summed E-state index contributed by atoms with van der Waals surface area (Å²) in [6, 6.07) is 29.3. The second-order valence-corrected chi connectivity index (χ2v) is 8.41. The van der Waals surface area contributed by atoms with Gasteiger partial charge < -0.3 is 9.47 Å². The van der Waals surface area contributed by atoms with Gasteiger partial charge in [-0.3, -0.25) is 4.79 Å². The number of nitrogens with one attached hydrogen (secondary N) is 1. The van der Waals surface area contributed by atoms with E-state index >= 15 is 0 Å². The predicted molar refractivity (Wildman–Crippen MR) is 140 cm³/mol.